The van der Waals surface area contributed by atoms with E-state index in [1.165, 1.54) is 16.9 Å². The van der Waals surface area contributed by atoms with Gasteiger partial charge in [0.2, 0.25) is 5.91 Å². The summed E-state index contributed by atoms with van der Waals surface area (Å²) in [4.78, 5) is 19.9. The van der Waals surface area contributed by atoms with E-state index in [0.29, 0.717) is 23.7 Å². The summed E-state index contributed by atoms with van der Waals surface area (Å²) in [7, 11) is 3.98. The predicted octanol–water partition coefficient (Wildman–Crippen LogP) is 3.45. The molecule has 0 spiro atoms. The Balaban J connectivity index is 1.29. The first-order valence-corrected chi connectivity index (χ1v) is 11.9. The number of hydrogen-bond acceptors (Lipinski definition) is 7. The summed E-state index contributed by atoms with van der Waals surface area (Å²) in [6.07, 6.45) is 11.0. The summed E-state index contributed by atoms with van der Waals surface area (Å²) in [6, 6.07) is 4.47. The number of thioether (sulfide) groups is 1. The molecule has 4 N–H and O–H groups in total. The third-order valence-corrected chi connectivity index (χ3v) is 7.53. The van der Waals surface area contributed by atoms with Crippen molar-refractivity contribution >= 4 is 28.4 Å². The van der Waals surface area contributed by atoms with Crippen LogP contribution in [0.25, 0.3) is 0 Å². The number of aromatic nitrogens is 1. The van der Waals surface area contributed by atoms with Gasteiger partial charge >= 0.3 is 0 Å². The van der Waals surface area contributed by atoms with Crippen LogP contribution >= 0.6 is 11.8 Å². The van der Waals surface area contributed by atoms with Gasteiger partial charge in [0.1, 0.15) is 10.9 Å². The lowest BCUT2D eigenvalue weighted by Crippen LogP contribution is -2.44. The van der Waals surface area contributed by atoms with Crippen LogP contribution in [0, 0.1) is 5.41 Å². The summed E-state index contributed by atoms with van der Waals surface area (Å²) in [6.45, 7) is 0.384. The lowest BCUT2D eigenvalue weighted by Gasteiger charge is -2.35. The molecule has 1 aromatic rings. The van der Waals surface area contributed by atoms with Gasteiger partial charge in [0.15, 0.2) is 0 Å². The Morgan fingerprint density at radius 1 is 1.29 bits per heavy atom. The van der Waals surface area contributed by atoms with Crippen LogP contribution in [0.4, 0.5) is 5.69 Å². The van der Waals surface area contributed by atoms with Crippen molar-refractivity contribution < 1.29 is 4.79 Å². The molecule has 1 aromatic heterocycles. The second kappa shape index (κ2) is 9.87. The van der Waals surface area contributed by atoms with Gasteiger partial charge in [0.25, 0.3) is 0 Å². The smallest absolute Gasteiger partial charge is 0.238 e. The van der Waals surface area contributed by atoms with Crippen molar-refractivity contribution in [1.82, 2.24) is 20.5 Å². The van der Waals surface area contributed by atoms with Gasteiger partial charge in [-0.25, -0.2) is 0 Å². The lowest BCUT2D eigenvalue weighted by atomic mass is 9.90. The molecule has 1 amide bonds. The first-order chi connectivity index (χ1) is 15.0. The zero-order valence-corrected chi connectivity index (χ0v) is 19.1. The number of carbonyl (C=O) groups is 1. The molecule has 0 bridgehead atoms. The molecule has 166 valence electrons. The summed E-state index contributed by atoms with van der Waals surface area (Å²) < 4.78 is 0. The number of anilines is 1. The minimum atomic E-state index is -0.00385. The van der Waals surface area contributed by atoms with Gasteiger partial charge < -0.3 is 16.0 Å². The average molecular weight is 441 g/mol. The van der Waals surface area contributed by atoms with E-state index in [1.54, 1.807) is 24.2 Å². The molecule has 0 saturated heterocycles. The molecule has 0 radical (unpaired) electrons. The van der Waals surface area contributed by atoms with E-state index in [0.717, 1.165) is 55.6 Å². The van der Waals surface area contributed by atoms with Crippen LogP contribution in [0.3, 0.4) is 0 Å². The molecule has 4 rings (SSSR count). The average Bonchev–Trinajstić information content (AvgIpc) is 3.33. The zero-order chi connectivity index (χ0) is 21.8. The fourth-order valence-electron chi connectivity index (χ4n) is 4.80. The van der Waals surface area contributed by atoms with Gasteiger partial charge in [-0.05, 0) is 74.6 Å². The number of hydrogen-bond donors (Lipinski definition) is 4. The van der Waals surface area contributed by atoms with Crippen molar-refractivity contribution in [3.8, 4) is 0 Å². The minimum Gasteiger partial charge on any atom is -0.374 e. The minimum absolute atomic E-state index is 0.00385. The van der Waals surface area contributed by atoms with E-state index in [9.17, 15) is 4.79 Å². The standard InChI is InChI=1S/C23H32N6OS/c1-25-23(21-18-6-3-7-19(18)31-22(21)24)28-15-8-10-17(11-9-15)29(2)14-20(30)27-16-5-4-12-26-13-16/h4-5,12-13,15,17,24-25,28H,3,6-11,14H2,1-2H3,(H,27,30)/b23-21+,24-22?/t15-,17-. The highest BCUT2D eigenvalue weighted by Crippen LogP contribution is 2.47. The Kier molecular flexibility index (Phi) is 6.97. The summed E-state index contributed by atoms with van der Waals surface area (Å²) in [5, 5.41) is 19.0. The topological polar surface area (TPSA) is 93.1 Å². The second-order valence-corrected chi connectivity index (χ2v) is 9.65. The highest BCUT2D eigenvalue weighted by molar-refractivity contribution is 8.18. The third kappa shape index (κ3) is 5.13. The highest BCUT2D eigenvalue weighted by Gasteiger charge is 2.32. The molecule has 0 unspecified atom stereocenters. The van der Waals surface area contributed by atoms with E-state index in [4.69, 9.17) is 5.41 Å². The van der Waals surface area contributed by atoms with Crippen LogP contribution < -0.4 is 16.0 Å². The van der Waals surface area contributed by atoms with E-state index in [2.05, 4.69) is 25.8 Å². The van der Waals surface area contributed by atoms with Crippen molar-refractivity contribution in [1.29, 1.82) is 5.41 Å². The van der Waals surface area contributed by atoms with Gasteiger partial charge in [0.05, 0.1) is 24.0 Å². The van der Waals surface area contributed by atoms with Gasteiger partial charge in [-0.3, -0.25) is 20.1 Å². The van der Waals surface area contributed by atoms with Crippen LogP contribution in [-0.4, -0.2) is 53.6 Å². The normalized spacial score (nSPS) is 24.9. The predicted molar refractivity (Wildman–Crippen MR) is 127 cm³/mol. The van der Waals surface area contributed by atoms with Crippen molar-refractivity contribution in [3.05, 3.63) is 46.4 Å². The van der Waals surface area contributed by atoms with Crippen molar-refractivity contribution in [2.24, 2.45) is 0 Å². The van der Waals surface area contributed by atoms with Gasteiger partial charge in [-0.2, -0.15) is 0 Å². The maximum absolute atomic E-state index is 12.3. The van der Waals surface area contributed by atoms with Crippen LogP contribution in [0.15, 0.2) is 46.4 Å². The number of nitrogens with one attached hydrogen (secondary N) is 4. The molecule has 1 aliphatic heterocycles. The number of pyridine rings is 1. The van der Waals surface area contributed by atoms with Gasteiger partial charge in [-0.1, -0.05) is 11.8 Å². The molecule has 1 fully saturated rings. The molecule has 8 heteroatoms. The molecule has 1 saturated carbocycles. The number of allylic oxidation sites excluding steroid dienone is 2. The van der Waals surface area contributed by atoms with E-state index < -0.39 is 0 Å². The van der Waals surface area contributed by atoms with Crippen LogP contribution in [0.2, 0.25) is 0 Å². The van der Waals surface area contributed by atoms with Crippen molar-refractivity contribution in [2.75, 3.05) is 26.0 Å². The first-order valence-electron chi connectivity index (χ1n) is 11.1. The second-order valence-electron chi connectivity index (χ2n) is 8.54. The van der Waals surface area contributed by atoms with Gasteiger partial charge in [0, 0.05) is 25.3 Å². The molecule has 31 heavy (non-hydrogen) atoms. The molecular formula is C23H32N6OS. The number of carbonyl (C=O) groups excluding carboxylic acids is 1. The van der Waals surface area contributed by atoms with Gasteiger partial charge in [-0.15, -0.1) is 0 Å². The number of likely N-dealkylation sites (N-methyl/N-ethyl adjacent to an activating group) is 1. The molecule has 3 aliphatic rings. The molecule has 2 heterocycles. The Bertz CT molecular complexity index is 889. The fourth-order valence-corrected chi connectivity index (χ4v) is 5.94. The molecule has 2 aliphatic carbocycles. The van der Waals surface area contributed by atoms with Crippen molar-refractivity contribution in [2.45, 2.75) is 57.0 Å². The molecule has 0 aromatic carbocycles. The van der Waals surface area contributed by atoms with Crippen LogP contribution in [0.5, 0.6) is 0 Å². The molecule has 0 atom stereocenters. The summed E-state index contributed by atoms with van der Waals surface area (Å²) in [5.41, 5.74) is 3.20. The van der Waals surface area contributed by atoms with Crippen LogP contribution in [-0.2, 0) is 4.79 Å². The van der Waals surface area contributed by atoms with E-state index >= 15 is 0 Å². The Morgan fingerprint density at radius 3 is 2.81 bits per heavy atom. The number of nitrogens with zero attached hydrogens (tertiary/aromatic N) is 2. The Morgan fingerprint density at radius 2 is 2.10 bits per heavy atom. The molecule has 7 nitrogen and oxygen atoms in total. The molecular weight excluding hydrogens is 408 g/mol. The van der Waals surface area contributed by atoms with E-state index in [1.807, 2.05) is 26.2 Å². The fraction of sp³-hybridized carbons (Fsp3) is 0.522. The maximum atomic E-state index is 12.3. The SMILES string of the molecule is CN/C(N[C@H]1CC[C@H](N(C)CC(=O)Nc2cccnc2)CC1)=C1\C(=N)SC2=C1CCC2. The van der Waals surface area contributed by atoms with Crippen LogP contribution in [0.1, 0.15) is 44.9 Å². The summed E-state index contributed by atoms with van der Waals surface area (Å²) in [5.74, 6) is 1.01. The third-order valence-electron chi connectivity index (χ3n) is 6.43. The van der Waals surface area contributed by atoms with Crippen molar-refractivity contribution in [3.63, 3.8) is 0 Å². The monoisotopic (exact) mass is 440 g/mol. The Labute approximate surface area is 188 Å². The zero-order valence-electron chi connectivity index (χ0n) is 18.3. The quantitative estimate of drug-likeness (QED) is 0.519. The first kappa shape index (κ1) is 21.9. The highest BCUT2D eigenvalue weighted by atomic mass is 32.2. The number of amides is 1. The lowest BCUT2D eigenvalue weighted by molar-refractivity contribution is -0.117. The summed E-state index contributed by atoms with van der Waals surface area (Å²) >= 11 is 1.64. The maximum Gasteiger partial charge on any atom is 0.238 e. The number of rotatable bonds is 7. The van der Waals surface area contributed by atoms with E-state index in [-0.39, 0.29) is 5.91 Å². The Hall–Kier alpha value is -2.32. The largest absolute Gasteiger partial charge is 0.374 e.